The van der Waals surface area contributed by atoms with E-state index in [0.29, 0.717) is 44.8 Å². The van der Waals surface area contributed by atoms with Crippen LogP contribution >= 0.6 is 0 Å². The summed E-state index contributed by atoms with van der Waals surface area (Å²) in [6.45, 7) is 1.34. The van der Waals surface area contributed by atoms with Gasteiger partial charge in [-0.15, -0.1) is 0 Å². The second kappa shape index (κ2) is 7.00. The standard InChI is InChI=1S/C21H22F4N2O4/c22-16-4-15(21(23,24)25)14(12-1-2-12)3-17(16)30-9-11-7-27(8-11)18(28)13-5-20(6-13)10-31-19(29)26-20/h3-4,11-13H,1-2,5-10H2,(H,26,29). The first-order valence-corrected chi connectivity index (χ1v) is 10.4. The van der Waals surface area contributed by atoms with Crippen LogP contribution in [0.5, 0.6) is 5.75 Å². The van der Waals surface area contributed by atoms with Gasteiger partial charge in [0, 0.05) is 24.9 Å². The number of carbonyl (C=O) groups is 2. The summed E-state index contributed by atoms with van der Waals surface area (Å²) in [5.41, 5.74) is -1.25. The Hall–Kier alpha value is -2.52. The van der Waals surface area contributed by atoms with Gasteiger partial charge in [-0.3, -0.25) is 4.79 Å². The van der Waals surface area contributed by atoms with Gasteiger partial charge in [0.15, 0.2) is 11.6 Å². The number of amides is 2. The predicted molar refractivity (Wildman–Crippen MR) is 98.9 cm³/mol. The molecule has 4 aliphatic rings. The number of alkyl carbamates (subject to hydrolysis) is 1. The fourth-order valence-corrected chi connectivity index (χ4v) is 4.75. The lowest BCUT2D eigenvalue weighted by molar-refractivity contribution is -0.148. The Labute approximate surface area is 175 Å². The highest BCUT2D eigenvalue weighted by Gasteiger charge is 2.54. The quantitative estimate of drug-likeness (QED) is 0.710. The van der Waals surface area contributed by atoms with Gasteiger partial charge in [0.1, 0.15) is 6.61 Å². The van der Waals surface area contributed by atoms with Gasteiger partial charge < -0.3 is 19.7 Å². The summed E-state index contributed by atoms with van der Waals surface area (Å²) in [5.74, 6) is -1.53. The maximum absolute atomic E-state index is 14.2. The van der Waals surface area contributed by atoms with E-state index in [2.05, 4.69) is 5.32 Å². The molecule has 1 spiro atoms. The largest absolute Gasteiger partial charge is 0.490 e. The van der Waals surface area contributed by atoms with E-state index in [9.17, 15) is 27.2 Å². The molecular weight excluding hydrogens is 420 g/mol. The van der Waals surface area contributed by atoms with E-state index < -0.39 is 29.2 Å². The van der Waals surface area contributed by atoms with Gasteiger partial charge >= 0.3 is 12.3 Å². The van der Waals surface area contributed by atoms with Crippen LogP contribution in [0.25, 0.3) is 0 Å². The topological polar surface area (TPSA) is 67.9 Å². The second-order valence-corrected chi connectivity index (χ2v) is 9.15. The minimum atomic E-state index is -4.60. The van der Waals surface area contributed by atoms with Crippen molar-refractivity contribution < 1.29 is 36.6 Å². The lowest BCUT2D eigenvalue weighted by Gasteiger charge is -2.47. The maximum atomic E-state index is 14.2. The molecule has 31 heavy (non-hydrogen) atoms. The maximum Gasteiger partial charge on any atom is 0.416 e. The van der Waals surface area contributed by atoms with E-state index in [0.717, 1.165) is 0 Å². The van der Waals surface area contributed by atoms with Crippen LogP contribution in [-0.4, -0.2) is 48.7 Å². The van der Waals surface area contributed by atoms with Crippen molar-refractivity contribution in [2.45, 2.75) is 43.3 Å². The number of ether oxygens (including phenoxy) is 2. The van der Waals surface area contributed by atoms with Crippen molar-refractivity contribution in [1.29, 1.82) is 0 Å². The molecule has 2 heterocycles. The van der Waals surface area contributed by atoms with E-state index >= 15 is 0 Å². The zero-order valence-electron chi connectivity index (χ0n) is 16.6. The molecule has 5 rings (SSSR count). The second-order valence-electron chi connectivity index (χ2n) is 9.15. The molecule has 2 amide bonds. The fourth-order valence-electron chi connectivity index (χ4n) is 4.75. The summed E-state index contributed by atoms with van der Waals surface area (Å²) in [6.07, 6.45) is -2.63. The van der Waals surface area contributed by atoms with Crippen LogP contribution < -0.4 is 10.1 Å². The lowest BCUT2D eigenvalue weighted by atomic mass is 9.68. The average molecular weight is 442 g/mol. The van der Waals surface area contributed by atoms with Crippen LogP contribution in [0.3, 0.4) is 0 Å². The molecule has 4 fully saturated rings. The van der Waals surface area contributed by atoms with Crippen molar-refractivity contribution in [3.05, 3.63) is 29.1 Å². The third-order valence-corrected chi connectivity index (χ3v) is 6.64. The summed E-state index contributed by atoms with van der Waals surface area (Å²) >= 11 is 0. The molecule has 0 atom stereocenters. The Morgan fingerprint density at radius 2 is 1.97 bits per heavy atom. The van der Waals surface area contributed by atoms with Gasteiger partial charge in [-0.05, 0) is 49.3 Å². The highest BCUT2D eigenvalue weighted by Crippen LogP contribution is 2.47. The van der Waals surface area contributed by atoms with E-state index in [1.165, 1.54) is 6.07 Å². The molecule has 1 aromatic carbocycles. The Bertz CT molecular complexity index is 919. The Morgan fingerprint density at radius 3 is 2.55 bits per heavy atom. The van der Waals surface area contributed by atoms with E-state index in [1.54, 1.807) is 4.90 Å². The van der Waals surface area contributed by atoms with Gasteiger partial charge in [-0.2, -0.15) is 13.2 Å². The predicted octanol–water partition coefficient (Wildman–Crippen LogP) is 3.45. The number of nitrogens with one attached hydrogen (secondary N) is 1. The fraction of sp³-hybridized carbons (Fsp3) is 0.619. The summed E-state index contributed by atoms with van der Waals surface area (Å²) in [4.78, 5) is 25.4. The SMILES string of the molecule is O=C1NC2(CO1)CC(C(=O)N1CC(COc3cc(C4CC4)c(C(F)(F)F)cc3F)C1)C2. The Morgan fingerprint density at radius 1 is 1.26 bits per heavy atom. The monoisotopic (exact) mass is 442 g/mol. The average Bonchev–Trinajstić information content (AvgIpc) is 3.40. The summed E-state index contributed by atoms with van der Waals surface area (Å²) in [7, 11) is 0. The van der Waals surface area contributed by atoms with Crippen LogP contribution in [0.4, 0.5) is 22.4 Å². The molecule has 0 unspecified atom stereocenters. The van der Waals surface area contributed by atoms with Crippen molar-refractivity contribution in [1.82, 2.24) is 10.2 Å². The molecular formula is C21H22F4N2O4. The van der Waals surface area contributed by atoms with Crippen molar-refractivity contribution >= 4 is 12.0 Å². The third kappa shape index (κ3) is 3.80. The number of benzene rings is 1. The van der Waals surface area contributed by atoms with Gasteiger partial charge in [0.25, 0.3) is 0 Å². The first-order chi connectivity index (χ1) is 14.6. The van der Waals surface area contributed by atoms with Gasteiger partial charge in [-0.1, -0.05) is 0 Å². The zero-order valence-corrected chi connectivity index (χ0v) is 16.6. The van der Waals surface area contributed by atoms with Gasteiger partial charge in [-0.25, -0.2) is 9.18 Å². The van der Waals surface area contributed by atoms with E-state index in [1.807, 2.05) is 0 Å². The number of hydrogen-bond acceptors (Lipinski definition) is 4. The molecule has 6 nitrogen and oxygen atoms in total. The first-order valence-electron chi connectivity index (χ1n) is 10.4. The highest BCUT2D eigenvalue weighted by molar-refractivity contribution is 5.82. The van der Waals surface area contributed by atoms with E-state index in [-0.39, 0.29) is 48.2 Å². The van der Waals surface area contributed by atoms with Crippen LogP contribution in [-0.2, 0) is 15.7 Å². The minimum absolute atomic E-state index is 0.00132. The summed E-state index contributed by atoms with van der Waals surface area (Å²) in [5, 5.41) is 2.75. The summed E-state index contributed by atoms with van der Waals surface area (Å²) < 4.78 is 64.2. The first kappa shape index (κ1) is 20.4. The summed E-state index contributed by atoms with van der Waals surface area (Å²) in [6, 6.07) is 1.71. The van der Waals surface area contributed by atoms with Crippen molar-refractivity contribution in [3.63, 3.8) is 0 Å². The molecule has 0 aromatic heterocycles. The van der Waals surface area contributed by atoms with Crippen LogP contribution in [0.15, 0.2) is 12.1 Å². The molecule has 2 aliphatic carbocycles. The molecule has 2 saturated carbocycles. The number of nitrogens with zero attached hydrogens (tertiary/aromatic N) is 1. The Kier molecular flexibility index (Phi) is 4.60. The normalized spacial score (nSPS) is 28.1. The van der Waals surface area contributed by atoms with Gasteiger partial charge in [0.2, 0.25) is 5.91 Å². The molecule has 168 valence electrons. The van der Waals surface area contributed by atoms with Crippen molar-refractivity contribution in [3.8, 4) is 5.75 Å². The van der Waals surface area contributed by atoms with Crippen molar-refractivity contribution in [2.24, 2.45) is 11.8 Å². The lowest BCUT2D eigenvalue weighted by Crippen LogP contribution is -2.61. The molecule has 10 heteroatoms. The van der Waals surface area contributed by atoms with Crippen LogP contribution in [0.2, 0.25) is 0 Å². The van der Waals surface area contributed by atoms with E-state index in [4.69, 9.17) is 9.47 Å². The highest BCUT2D eigenvalue weighted by atomic mass is 19.4. The molecule has 2 aliphatic heterocycles. The number of cyclic esters (lactones) is 1. The molecule has 1 N–H and O–H groups in total. The van der Waals surface area contributed by atoms with Gasteiger partial charge in [0.05, 0.1) is 17.7 Å². The van der Waals surface area contributed by atoms with Crippen molar-refractivity contribution in [2.75, 3.05) is 26.3 Å². The molecule has 0 bridgehead atoms. The smallest absolute Gasteiger partial charge is 0.416 e. The number of likely N-dealkylation sites (tertiary alicyclic amines) is 1. The molecule has 0 radical (unpaired) electrons. The molecule has 1 aromatic rings. The zero-order chi connectivity index (χ0) is 22.0. The van der Waals surface area contributed by atoms with Crippen LogP contribution in [0.1, 0.15) is 42.7 Å². The number of alkyl halides is 3. The number of rotatable bonds is 5. The third-order valence-electron chi connectivity index (χ3n) is 6.64. The number of halogens is 4. The number of carbonyl (C=O) groups excluding carboxylic acids is 2. The number of hydrogen-bond donors (Lipinski definition) is 1. The van der Waals surface area contributed by atoms with Crippen LogP contribution in [0, 0.1) is 17.7 Å². The minimum Gasteiger partial charge on any atom is -0.490 e. The molecule has 2 saturated heterocycles. The Balaban J connectivity index is 1.13.